The number of nitriles is 1. The Morgan fingerprint density at radius 1 is 1.47 bits per heavy atom. The Hall–Kier alpha value is -3.11. The molecule has 1 aliphatic heterocycles. The molecule has 1 unspecified atom stereocenters. The molecular formula is C25H30N6O2S. The van der Waals surface area contributed by atoms with Crippen LogP contribution < -0.4 is 10.6 Å². The molecule has 1 aromatic heterocycles. The average Bonchev–Trinajstić information content (AvgIpc) is 3.32. The maximum Gasteiger partial charge on any atom is 0.235 e. The van der Waals surface area contributed by atoms with E-state index in [2.05, 4.69) is 15.8 Å². The standard InChI is InChI=1S/C25H30N6O2S/c1-4-19-20(15-26)25(34-22(23(27)33)17-9-6-5-7-10-17)29-24(21(19)28-2)30(3)13-14-31-12-8-11-18(31)16-32/h5-7,9-10,18,22,32H,4,8,11-14,16H2,1,3H3,(H2,27,33)/t18-,22?/m1/s1. The quantitative estimate of drug-likeness (QED) is 0.398. The first-order valence-electron chi connectivity index (χ1n) is 11.4. The number of aliphatic hydroxyl groups excluding tert-OH is 1. The lowest BCUT2D eigenvalue weighted by atomic mass is 10.1. The molecule has 178 valence electrons. The average molecular weight is 479 g/mol. The third-order valence-electron chi connectivity index (χ3n) is 6.18. The van der Waals surface area contributed by atoms with Gasteiger partial charge >= 0.3 is 0 Å². The second kappa shape index (κ2) is 11.8. The van der Waals surface area contributed by atoms with Crippen molar-refractivity contribution in [3.63, 3.8) is 0 Å². The smallest absolute Gasteiger partial charge is 0.235 e. The van der Waals surface area contributed by atoms with Gasteiger partial charge in [0.05, 0.1) is 18.7 Å². The van der Waals surface area contributed by atoms with Gasteiger partial charge in [0.1, 0.15) is 22.2 Å². The second-order valence-corrected chi connectivity index (χ2v) is 9.36. The van der Waals surface area contributed by atoms with Crippen molar-refractivity contribution in [3.05, 3.63) is 58.4 Å². The van der Waals surface area contributed by atoms with Crippen molar-refractivity contribution in [2.24, 2.45) is 5.73 Å². The van der Waals surface area contributed by atoms with E-state index >= 15 is 0 Å². The molecule has 3 rings (SSSR count). The van der Waals surface area contributed by atoms with Crippen LogP contribution in [0.3, 0.4) is 0 Å². The number of pyridine rings is 1. The fourth-order valence-corrected chi connectivity index (χ4v) is 5.38. The fourth-order valence-electron chi connectivity index (χ4n) is 4.33. The molecule has 34 heavy (non-hydrogen) atoms. The highest BCUT2D eigenvalue weighted by molar-refractivity contribution is 8.00. The van der Waals surface area contributed by atoms with Crippen LogP contribution in [-0.2, 0) is 11.2 Å². The molecule has 8 nitrogen and oxygen atoms in total. The van der Waals surface area contributed by atoms with Gasteiger partial charge in [-0.3, -0.25) is 9.69 Å². The molecule has 1 saturated heterocycles. The molecule has 1 amide bonds. The highest BCUT2D eigenvalue weighted by Crippen LogP contribution is 2.42. The number of aliphatic hydroxyl groups is 1. The Bertz CT molecular complexity index is 1100. The van der Waals surface area contributed by atoms with Gasteiger partial charge in [0, 0.05) is 26.2 Å². The van der Waals surface area contributed by atoms with Crippen LogP contribution in [0.25, 0.3) is 4.85 Å². The van der Waals surface area contributed by atoms with Crippen LogP contribution in [0, 0.1) is 17.9 Å². The van der Waals surface area contributed by atoms with Gasteiger partial charge in [-0.05, 0) is 36.9 Å². The Morgan fingerprint density at radius 2 is 2.21 bits per heavy atom. The van der Waals surface area contributed by atoms with Gasteiger partial charge in [0.25, 0.3) is 0 Å². The van der Waals surface area contributed by atoms with Crippen molar-refractivity contribution in [3.8, 4) is 6.07 Å². The number of primary amides is 1. The summed E-state index contributed by atoms with van der Waals surface area (Å²) in [5.74, 6) is -0.0300. The summed E-state index contributed by atoms with van der Waals surface area (Å²) in [6.07, 6.45) is 2.53. The Labute approximate surface area is 205 Å². The zero-order valence-corrected chi connectivity index (χ0v) is 20.4. The molecule has 0 aliphatic carbocycles. The van der Waals surface area contributed by atoms with Crippen molar-refractivity contribution in [2.45, 2.75) is 42.5 Å². The molecule has 1 fully saturated rings. The number of hydrogen-bond donors (Lipinski definition) is 2. The monoisotopic (exact) mass is 478 g/mol. The topological polar surface area (TPSA) is 111 Å². The molecule has 2 heterocycles. The van der Waals surface area contributed by atoms with E-state index in [1.807, 2.05) is 49.2 Å². The molecule has 0 saturated carbocycles. The van der Waals surface area contributed by atoms with E-state index in [0.717, 1.165) is 43.3 Å². The van der Waals surface area contributed by atoms with Crippen LogP contribution in [0.4, 0.5) is 11.5 Å². The van der Waals surface area contributed by atoms with Crippen LogP contribution >= 0.6 is 11.8 Å². The van der Waals surface area contributed by atoms with Crippen molar-refractivity contribution < 1.29 is 9.90 Å². The van der Waals surface area contributed by atoms with Gasteiger partial charge in [0.15, 0.2) is 0 Å². The molecule has 0 spiro atoms. The van der Waals surface area contributed by atoms with E-state index in [9.17, 15) is 15.2 Å². The van der Waals surface area contributed by atoms with E-state index in [1.165, 1.54) is 0 Å². The molecule has 2 aromatic rings. The first kappa shape index (κ1) is 25.5. The number of amides is 1. The zero-order valence-electron chi connectivity index (χ0n) is 19.6. The number of carbonyl (C=O) groups excluding carboxylic acids is 1. The Morgan fingerprint density at radius 3 is 2.79 bits per heavy atom. The van der Waals surface area contributed by atoms with E-state index in [0.29, 0.717) is 40.6 Å². The minimum atomic E-state index is -0.711. The second-order valence-electron chi connectivity index (χ2n) is 8.27. The van der Waals surface area contributed by atoms with Crippen LogP contribution in [0.15, 0.2) is 35.4 Å². The molecule has 0 radical (unpaired) electrons. The molecule has 2 atom stereocenters. The lowest BCUT2D eigenvalue weighted by Crippen LogP contribution is -2.38. The minimum Gasteiger partial charge on any atom is -0.395 e. The van der Waals surface area contributed by atoms with E-state index < -0.39 is 11.2 Å². The van der Waals surface area contributed by atoms with Gasteiger partial charge in [-0.2, -0.15) is 5.26 Å². The molecule has 1 aliphatic rings. The maximum absolute atomic E-state index is 12.3. The number of thioether (sulfide) groups is 1. The number of likely N-dealkylation sites (tertiary alicyclic amines) is 1. The van der Waals surface area contributed by atoms with E-state index in [-0.39, 0.29) is 12.6 Å². The van der Waals surface area contributed by atoms with Gasteiger partial charge in [-0.15, -0.1) is 0 Å². The normalized spacial score (nSPS) is 16.6. The Kier molecular flexibility index (Phi) is 8.89. The first-order chi connectivity index (χ1) is 16.4. The summed E-state index contributed by atoms with van der Waals surface area (Å²) in [7, 11) is 1.88. The predicted molar refractivity (Wildman–Crippen MR) is 134 cm³/mol. The number of benzene rings is 1. The van der Waals surface area contributed by atoms with Crippen LogP contribution in [-0.4, -0.2) is 60.2 Å². The largest absolute Gasteiger partial charge is 0.395 e. The van der Waals surface area contributed by atoms with Gasteiger partial charge in [-0.25, -0.2) is 9.83 Å². The third kappa shape index (κ3) is 5.51. The number of aromatic nitrogens is 1. The summed E-state index contributed by atoms with van der Waals surface area (Å²) in [5, 5.41) is 19.2. The summed E-state index contributed by atoms with van der Waals surface area (Å²) >= 11 is 1.15. The number of nitrogens with zero attached hydrogens (tertiary/aromatic N) is 5. The SMILES string of the molecule is [C-]#[N+]c1c(N(C)CCN2CCC[C@@H]2CO)nc(SC(C(N)=O)c2ccccc2)c(C#N)c1CC. The number of carbonyl (C=O) groups is 1. The number of nitrogens with two attached hydrogens (primary N) is 1. The number of hydrogen-bond acceptors (Lipinski definition) is 7. The summed E-state index contributed by atoms with van der Waals surface area (Å²) in [6, 6.07) is 11.6. The molecule has 1 aromatic carbocycles. The Balaban J connectivity index is 1.98. The van der Waals surface area contributed by atoms with E-state index in [1.54, 1.807) is 0 Å². The predicted octanol–water partition coefficient (Wildman–Crippen LogP) is 3.28. The lowest BCUT2D eigenvalue weighted by Gasteiger charge is -2.28. The van der Waals surface area contributed by atoms with Crippen molar-refractivity contribution in [2.75, 3.05) is 38.2 Å². The third-order valence-corrected chi connectivity index (χ3v) is 7.44. The van der Waals surface area contributed by atoms with Crippen molar-refractivity contribution in [1.82, 2.24) is 9.88 Å². The highest BCUT2D eigenvalue weighted by atomic mass is 32.2. The fraction of sp³-hybridized carbons (Fsp3) is 0.440. The van der Waals surface area contributed by atoms with Crippen LogP contribution in [0.1, 0.15) is 41.7 Å². The van der Waals surface area contributed by atoms with Crippen molar-refractivity contribution >= 4 is 29.2 Å². The maximum atomic E-state index is 12.3. The van der Waals surface area contributed by atoms with Crippen LogP contribution in [0.2, 0.25) is 0 Å². The molecule has 3 N–H and O–H groups in total. The summed E-state index contributed by atoms with van der Waals surface area (Å²) in [6.45, 7) is 12.1. The molecule has 9 heteroatoms. The van der Waals surface area contributed by atoms with Gasteiger partial charge in [-0.1, -0.05) is 49.0 Å². The first-order valence-corrected chi connectivity index (χ1v) is 12.2. The zero-order chi connectivity index (χ0) is 24.7. The van der Waals surface area contributed by atoms with Gasteiger partial charge in [0.2, 0.25) is 11.6 Å². The number of anilines is 1. The number of likely N-dealkylation sites (N-methyl/N-ethyl adjacent to an activating group) is 1. The lowest BCUT2D eigenvalue weighted by molar-refractivity contribution is -0.117. The number of rotatable bonds is 10. The summed E-state index contributed by atoms with van der Waals surface area (Å²) in [4.78, 5) is 25.0. The summed E-state index contributed by atoms with van der Waals surface area (Å²) < 4.78 is 0. The van der Waals surface area contributed by atoms with Gasteiger partial charge < -0.3 is 15.7 Å². The summed E-state index contributed by atoms with van der Waals surface area (Å²) in [5.41, 5.74) is 7.76. The molecule has 0 bridgehead atoms. The van der Waals surface area contributed by atoms with Crippen molar-refractivity contribution in [1.29, 1.82) is 5.26 Å². The minimum absolute atomic E-state index is 0.140. The van der Waals surface area contributed by atoms with Crippen LogP contribution in [0.5, 0.6) is 0 Å². The van der Waals surface area contributed by atoms with E-state index in [4.69, 9.17) is 17.3 Å². The highest BCUT2D eigenvalue weighted by Gasteiger charge is 2.28. The molecular weight excluding hydrogens is 448 g/mol.